The van der Waals surface area contributed by atoms with Gasteiger partial charge in [0.1, 0.15) is 11.3 Å². The van der Waals surface area contributed by atoms with E-state index in [0.717, 1.165) is 31.6 Å². The third-order valence-electron chi connectivity index (χ3n) is 8.63. The number of methoxy groups -OCH3 is 1. The summed E-state index contributed by atoms with van der Waals surface area (Å²) < 4.78 is 5.17. The molecule has 8 heteroatoms. The van der Waals surface area contributed by atoms with Crippen molar-refractivity contribution in [3.8, 4) is 5.75 Å². The standard InChI is InChI=1S/C36H31N3O4S/c1-43-31-13-12-22(18-30(31)35(41)42)19-32-34(40)38-36(44-32)37-25-20-28-26(23-8-4-2-5-9-23)14-16-39-17-15-27(29(21-25)33(28)39)24-10-6-3-7-11-24/h2-13,18-21,26-27H,14-17H2,1H3,(H,41,42)(H,37,38,40)/b32-19-/t26-,27-/m1/s1. The van der Waals surface area contributed by atoms with Crippen molar-refractivity contribution < 1.29 is 19.4 Å². The van der Waals surface area contributed by atoms with Gasteiger partial charge in [-0.1, -0.05) is 66.7 Å². The Labute approximate surface area is 260 Å². The number of carboxylic acid groups (broad SMARTS) is 1. The first-order chi connectivity index (χ1) is 21.5. The Morgan fingerprint density at radius 2 is 1.55 bits per heavy atom. The van der Waals surface area contributed by atoms with Crippen LogP contribution in [-0.4, -0.2) is 42.3 Å². The van der Waals surface area contributed by atoms with Crippen LogP contribution in [0.15, 0.2) is 101 Å². The zero-order chi connectivity index (χ0) is 30.2. The van der Waals surface area contributed by atoms with E-state index in [4.69, 9.17) is 9.73 Å². The van der Waals surface area contributed by atoms with Crippen LogP contribution in [0.5, 0.6) is 5.75 Å². The van der Waals surface area contributed by atoms with Gasteiger partial charge in [-0.05, 0) is 82.8 Å². The summed E-state index contributed by atoms with van der Waals surface area (Å²) in [5.41, 5.74) is 7.94. The van der Waals surface area contributed by atoms with Crippen molar-refractivity contribution in [1.82, 2.24) is 5.32 Å². The Balaban J connectivity index is 1.28. The molecule has 3 heterocycles. The monoisotopic (exact) mass is 601 g/mol. The molecular formula is C36H31N3O4S. The van der Waals surface area contributed by atoms with E-state index in [9.17, 15) is 14.7 Å². The fourth-order valence-electron chi connectivity index (χ4n) is 6.64. The maximum absolute atomic E-state index is 13.0. The normalized spacial score (nSPS) is 20.8. The maximum Gasteiger partial charge on any atom is 0.339 e. The second-order valence-electron chi connectivity index (χ2n) is 11.2. The summed E-state index contributed by atoms with van der Waals surface area (Å²) in [4.78, 5) is 32.6. The van der Waals surface area contributed by atoms with Gasteiger partial charge in [0.05, 0.1) is 17.7 Å². The number of nitrogens with zero attached hydrogens (tertiary/aromatic N) is 2. The van der Waals surface area contributed by atoms with Crippen LogP contribution in [0, 0.1) is 0 Å². The predicted octanol–water partition coefficient (Wildman–Crippen LogP) is 7.16. The second kappa shape index (κ2) is 11.7. The molecule has 44 heavy (non-hydrogen) atoms. The number of benzene rings is 4. The van der Waals surface area contributed by atoms with E-state index in [2.05, 4.69) is 83.0 Å². The highest BCUT2D eigenvalue weighted by molar-refractivity contribution is 8.18. The molecule has 220 valence electrons. The van der Waals surface area contributed by atoms with Crippen molar-refractivity contribution in [2.45, 2.75) is 24.7 Å². The average Bonchev–Trinajstić information content (AvgIpc) is 3.39. The number of carbonyl (C=O) groups is 2. The molecule has 3 aliphatic rings. The van der Waals surface area contributed by atoms with Crippen LogP contribution in [0.25, 0.3) is 6.08 Å². The van der Waals surface area contributed by atoms with E-state index < -0.39 is 5.97 Å². The van der Waals surface area contributed by atoms with Gasteiger partial charge < -0.3 is 20.1 Å². The minimum Gasteiger partial charge on any atom is -0.496 e. The van der Waals surface area contributed by atoms with E-state index in [1.165, 1.54) is 52.9 Å². The first-order valence-corrected chi connectivity index (χ1v) is 15.5. The third-order valence-corrected chi connectivity index (χ3v) is 9.54. The number of anilines is 1. The number of aliphatic imine (C=N–C) groups is 1. The molecule has 2 atom stereocenters. The highest BCUT2D eigenvalue weighted by Crippen LogP contribution is 2.50. The number of carboxylic acids is 1. The number of hydrogen-bond donors (Lipinski definition) is 2. The van der Waals surface area contributed by atoms with Crippen LogP contribution in [0.2, 0.25) is 0 Å². The molecule has 0 saturated carbocycles. The van der Waals surface area contributed by atoms with Crippen molar-refractivity contribution in [2.75, 3.05) is 25.1 Å². The number of amidine groups is 1. The Bertz CT molecular complexity index is 1750. The van der Waals surface area contributed by atoms with Crippen LogP contribution in [0.4, 0.5) is 11.4 Å². The second-order valence-corrected chi connectivity index (χ2v) is 12.2. The summed E-state index contributed by atoms with van der Waals surface area (Å²) in [6.07, 6.45) is 3.75. The number of carbonyl (C=O) groups excluding carboxylic acids is 1. The van der Waals surface area contributed by atoms with Crippen LogP contribution in [-0.2, 0) is 4.79 Å². The SMILES string of the molecule is COc1ccc(/C=C2\SC(=Nc3cc4c5c(c3)[C@@H](c3ccccc3)CCN5CC[C@@H]4c3ccccc3)NC2=O)cc1C(=O)O. The molecule has 4 aromatic carbocycles. The molecule has 1 saturated heterocycles. The Hall–Kier alpha value is -4.82. The number of aromatic carboxylic acids is 1. The summed E-state index contributed by atoms with van der Waals surface area (Å²) >= 11 is 1.25. The van der Waals surface area contributed by atoms with Gasteiger partial charge in [0.25, 0.3) is 5.91 Å². The van der Waals surface area contributed by atoms with E-state index in [1.807, 2.05) is 0 Å². The molecule has 0 radical (unpaired) electrons. The molecule has 0 aromatic heterocycles. The van der Waals surface area contributed by atoms with Crippen LogP contribution >= 0.6 is 11.8 Å². The molecule has 2 N–H and O–H groups in total. The number of ether oxygens (including phenoxy) is 1. The quantitative estimate of drug-likeness (QED) is 0.228. The number of rotatable bonds is 6. The van der Waals surface area contributed by atoms with Gasteiger partial charge in [0.2, 0.25) is 0 Å². The van der Waals surface area contributed by atoms with Crippen LogP contribution in [0.1, 0.15) is 62.9 Å². The number of thioether (sulfide) groups is 1. The van der Waals surface area contributed by atoms with Gasteiger partial charge in [-0.25, -0.2) is 9.79 Å². The van der Waals surface area contributed by atoms with Gasteiger partial charge in [0, 0.05) is 30.6 Å². The van der Waals surface area contributed by atoms with E-state index >= 15 is 0 Å². The van der Waals surface area contributed by atoms with Gasteiger partial charge in [0.15, 0.2) is 5.17 Å². The van der Waals surface area contributed by atoms with E-state index in [-0.39, 0.29) is 29.1 Å². The lowest BCUT2D eigenvalue weighted by Crippen LogP contribution is -2.37. The van der Waals surface area contributed by atoms with Gasteiger partial charge in [-0.3, -0.25) is 4.79 Å². The Morgan fingerprint density at radius 1 is 0.932 bits per heavy atom. The summed E-state index contributed by atoms with van der Waals surface area (Å²) in [7, 11) is 1.43. The topological polar surface area (TPSA) is 91.2 Å². The van der Waals surface area contributed by atoms with Crippen molar-refractivity contribution in [2.24, 2.45) is 4.99 Å². The number of amides is 1. The summed E-state index contributed by atoms with van der Waals surface area (Å²) in [6, 6.07) is 30.6. The van der Waals surface area contributed by atoms with Crippen molar-refractivity contribution in [3.05, 3.63) is 129 Å². The molecule has 0 unspecified atom stereocenters. The lowest BCUT2D eigenvalue weighted by atomic mass is 9.76. The van der Waals surface area contributed by atoms with Crippen LogP contribution < -0.4 is 15.0 Å². The Kier molecular flexibility index (Phi) is 7.44. The summed E-state index contributed by atoms with van der Waals surface area (Å²) in [6.45, 7) is 2.04. The predicted molar refractivity (Wildman–Crippen MR) is 175 cm³/mol. The number of nitrogens with one attached hydrogen (secondary N) is 1. The first-order valence-electron chi connectivity index (χ1n) is 14.7. The molecule has 7 nitrogen and oxygen atoms in total. The molecule has 4 aromatic rings. The number of hydrogen-bond acceptors (Lipinski definition) is 6. The van der Waals surface area contributed by atoms with Gasteiger partial charge in [-0.2, -0.15) is 0 Å². The van der Waals surface area contributed by atoms with Gasteiger partial charge in [-0.15, -0.1) is 0 Å². The first kappa shape index (κ1) is 28.0. The highest BCUT2D eigenvalue weighted by atomic mass is 32.2. The van der Waals surface area contributed by atoms with Gasteiger partial charge >= 0.3 is 5.97 Å². The molecule has 0 spiro atoms. The molecule has 7 rings (SSSR count). The molecule has 1 amide bonds. The molecule has 3 aliphatic heterocycles. The zero-order valence-corrected chi connectivity index (χ0v) is 25.0. The highest BCUT2D eigenvalue weighted by Gasteiger charge is 2.35. The molecular weight excluding hydrogens is 570 g/mol. The molecule has 0 bridgehead atoms. The Morgan fingerprint density at radius 3 is 2.11 bits per heavy atom. The largest absolute Gasteiger partial charge is 0.496 e. The smallest absolute Gasteiger partial charge is 0.339 e. The van der Waals surface area contributed by atoms with Crippen LogP contribution in [0.3, 0.4) is 0 Å². The molecule has 1 fully saturated rings. The summed E-state index contributed by atoms with van der Waals surface area (Å²) in [5, 5.41) is 13.0. The average molecular weight is 602 g/mol. The van der Waals surface area contributed by atoms with Crippen molar-refractivity contribution >= 4 is 46.3 Å². The maximum atomic E-state index is 13.0. The minimum atomic E-state index is -1.09. The van der Waals surface area contributed by atoms with Crippen molar-refractivity contribution in [1.29, 1.82) is 0 Å². The lowest BCUT2D eigenvalue weighted by Gasteiger charge is -2.43. The van der Waals surface area contributed by atoms with E-state index in [1.54, 1.807) is 18.2 Å². The fourth-order valence-corrected chi connectivity index (χ4v) is 7.48. The zero-order valence-electron chi connectivity index (χ0n) is 24.2. The van der Waals surface area contributed by atoms with E-state index in [0.29, 0.717) is 15.6 Å². The fraction of sp³-hybridized carbons (Fsp3) is 0.194. The van der Waals surface area contributed by atoms with Crippen molar-refractivity contribution in [3.63, 3.8) is 0 Å². The lowest BCUT2D eigenvalue weighted by molar-refractivity contribution is -0.115. The third kappa shape index (κ3) is 5.26. The summed E-state index contributed by atoms with van der Waals surface area (Å²) in [5.74, 6) is -0.573. The molecule has 0 aliphatic carbocycles. The minimum absolute atomic E-state index is 0.0390.